The Balaban J connectivity index is 1.78. The number of aromatic nitrogens is 3. The number of carbonyl (C=O) groups excluding carboxylic acids is 2. The zero-order chi connectivity index (χ0) is 18.7. The highest BCUT2D eigenvalue weighted by Crippen LogP contribution is 2.26. The van der Waals surface area contributed by atoms with Crippen molar-refractivity contribution in [1.82, 2.24) is 20.1 Å². The molecular formula is C19H22N4O2S. The van der Waals surface area contributed by atoms with Gasteiger partial charge in [-0.1, -0.05) is 25.1 Å². The average molecular weight is 370 g/mol. The molecule has 0 radical (unpaired) electrons. The molecule has 7 heteroatoms. The van der Waals surface area contributed by atoms with Crippen LogP contribution in [-0.4, -0.2) is 33.0 Å². The second-order valence-corrected chi connectivity index (χ2v) is 7.47. The molecule has 0 saturated carbocycles. The smallest absolute Gasteiger partial charge is 0.243 e. The van der Waals surface area contributed by atoms with Crippen LogP contribution in [0.2, 0.25) is 0 Å². The maximum absolute atomic E-state index is 12.7. The number of para-hydroxylation sites is 1. The fraction of sp³-hybridized carbons (Fsp3) is 0.368. The molecule has 2 aromatic heterocycles. The van der Waals surface area contributed by atoms with Crippen LogP contribution in [0, 0.1) is 6.92 Å². The molecule has 0 spiro atoms. The molecule has 136 valence electrons. The number of ketones is 1. The van der Waals surface area contributed by atoms with Gasteiger partial charge in [-0.2, -0.15) is 0 Å². The van der Waals surface area contributed by atoms with Crippen molar-refractivity contribution < 1.29 is 9.59 Å². The van der Waals surface area contributed by atoms with Crippen molar-refractivity contribution in [3.8, 4) is 0 Å². The first kappa shape index (κ1) is 18.3. The Kier molecular flexibility index (Phi) is 5.46. The Bertz CT molecular complexity index is 944. The van der Waals surface area contributed by atoms with Crippen molar-refractivity contribution >= 4 is 33.9 Å². The second-order valence-electron chi connectivity index (χ2n) is 6.20. The van der Waals surface area contributed by atoms with E-state index in [0.717, 1.165) is 20.9 Å². The van der Waals surface area contributed by atoms with E-state index in [4.69, 9.17) is 0 Å². The molecule has 3 aromatic rings. The molecule has 1 atom stereocenters. The maximum atomic E-state index is 12.7. The van der Waals surface area contributed by atoms with Gasteiger partial charge in [0.15, 0.2) is 5.78 Å². The molecule has 0 aliphatic carbocycles. The van der Waals surface area contributed by atoms with E-state index in [1.165, 1.54) is 0 Å². The summed E-state index contributed by atoms with van der Waals surface area (Å²) in [6.45, 7) is 5.96. The molecule has 0 aliphatic heterocycles. The molecule has 0 aliphatic rings. The minimum absolute atomic E-state index is 0.00171. The Labute approximate surface area is 156 Å². The Morgan fingerprint density at radius 1 is 1.27 bits per heavy atom. The number of hydrogen-bond acceptors (Lipinski definition) is 5. The zero-order valence-corrected chi connectivity index (χ0v) is 16.0. The molecule has 0 fully saturated rings. The first-order valence-electron chi connectivity index (χ1n) is 8.68. The fourth-order valence-corrected chi connectivity index (χ4v) is 3.81. The van der Waals surface area contributed by atoms with Gasteiger partial charge in [-0.25, -0.2) is 0 Å². The number of carbonyl (C=O) groups is 2. The number of fused-ring (bicyclic) bond motifs is 1. The monoisotopic (exact) mass is 370 g/mol. The highest BCUT2D eigenvalue weighted by molar-refractivity contribution is 7.11. The molecular weight excluding hydrogens is 348 g/mol. The van der Waals surface area contributed by atoms with Crippen molar-refractivity contribution in [3.05, 3.63) is 46.0 Å². The largest absolute Gasteiger partial charge is 0.354 e. The van der Waals surface area contributed by atoms with Gasteiger partial charge in [-0.15, -0.1) is 21.5 Å². The van der Waals surface area contributed by atoms with Crippen LogP contribution in [0.5, 0.6) is 0 Å². The highest BCUT2D eigenvalue weighted by atomic mass is 32.1. The van der Waals surface area contributed by atoms with Crippen LogP contribution in [0.3, 0.4) is 0 Å². The summed E-state index contributed by atoms with van der Waals surface area (Å²) < 4.78 is 1.91. The van der Waals surface area contributed by atoms with Crippen LogP contribution in [-0.2, 0) is 11.2 Å². The van der Waals surface area contributed by atoms with Gasteiger partial charge >= 0.3 is 0 Å². The Morgan fingerprint density at radius 3 is 2.69 bits per heavy atom. The molecule has 2 heterocycles. The van der Waals surface area contributed by atoms with Gasteiger partial charge in [-0.05, 0) is 26.3 Å². The van der Waals surface area contributed by atoms with Crippen molar-refractivity contribution in [2.24, 2.45) is 0 Å². The standard InChI is InChI=1S/C19H22N4O2S/c1-4-16(19(25)20-10-9-18-22-21-13(3)26-18)23-11-15(12(2)24)14-7-5-6-8-17(14)23/h5-8,11,16H,4,9-10H2,1-3H3,(H,20,25)/t16-/m0/s1. The van der Waals surface area contributed by atoms with Crippen molar-refractivity contribution in [2.45, 2.75) is 39.7 Å². The van der Waals surface area contributed by atoms with Crippen LogP contribution in [0.15, 0.2) is 30.5 Å². The number of benzene rings is 1. The first-order chi connectivity index (χ1) is 12.5. The van der Waals surface area contributed by atoms with Gasteiger partial charge in [0.05, 0.1) is 0 Å². The average Bonchev–Trinajstić information content (AvgIpc) is 3.20. The second kappa shape index (κ2) is 7.78. The zero-order valence-electron chi connectivity index (χ0n) is 15.2. The van der Waals surface area contributed by atoms with Crippen LogP contribution >= 0.6 is 11.3 Å². The van der Waals surface area contributed by atoms with Crippen molar-refractivity contribution in [2.75, 3.05) is 6.54 Å². The molecule has 26 heavy (non-hydrogen) atoms. The van der Waals surface area contributed by atoms with Crippen molar-refractivity contribution in [3.63, 3.8) is 0 Å². The van der Waals surface area contributed by atoms with E-state index in [2.05, 4.69) is 15.5 Å². The molecule has 1 N–H and O–H groups in total. The van der Waals surface area contributed by atoms with Gasteiger partial charge in [0.25, 0.3) is 0 Å². The summed E-state index contributed by atoms with van der Waals surface area (Å²) in [4.78, 5) is 24.7. The summed E-state index contributed by atoms with van der Waals surface area (Å²) in [6, 6.07) is 7.34. The van der Waals surface area contributed by atoms with Gasteiger partial charge < -0.3 is 9.88 Å². The minimum Gasteiger partial charge on any atom is -0.354 e. The van der Waals surface area contributed by atoms with Gasteiger partial charge in [0.1, 0.15) is 16.1 Å². The SMILES string of the molecule is CC[C@@H](C(=O)NCCc1nnc(C)s1)n1cc(C(C)=O)c2ccccc21. The summed E-state index contributed by atoms with van der Waals surface area (Å²) in [5.41, 5.74) is 1.55. The van der Waals surface area contributed by atoms with Crippen LogP contribution in [0.1, 0.15) is 46.7 Å². The molecule has 1 amide bonds. The van der Waals surface area contributed by atoms with E-state index in [1.807, 2.05) is 42.7 Å². The van der Waals surface area contributed by atoms with Crippen LogP contribution < -0.4 is 5.32 Å². The third-order valence-corrected chi connectivity index (χ3v) is 5.25. The molecule has 0 unspecified atom stereocenters. The number of rotatable bonds is 7. The fourth-order valence-electron chi connectivity index (χ4n) is 3.10. The topological polar surface area (TPSA) is 76.9 Å². The quantitative estimate of drug-likeness (QED) is 0.647. The van der Waals surface area contributed by atoms with E-state index in [-0.39, 0.29) is 17.7 Å². The lowest BCUT2D eigenvalue weighted by molar-refractivity contribution is -0.124. The molecule has 3 rings (SSSR count). The predicted octanol–water partition coefficient (Wildman–Crippen LogP) is 3.31. The Hall–Kier alpha value is -2.54. The number of nitrogens with one attached hydrogen (secondary N) is 1. The summed E-state index contributed by atoms with van der Waals surface area (Å²) in [5.74, 6) is -0.0496. The lowest BCUT2D eigenvalue weighted by Gasteiger charge is -2.18. The maximum Gasteiger partial charge on any atom is 0.243 e. The van der Waals surface area contributed by atoms with E-state index in [1.54, 1.807) is 24.5 Å². The van der Waals surface area contributed by atoms with Crippen LogP contribution in [0.4, 0.5) is 0 Å². The normalized spacial score (nSPS) is 12.3. The van der Waals surface area contributed by atoms with E-state index < -0.39 is 0 Å². The number of amides is 1. The number of hydrogen-bond donors (Lipinski definition) is 1. The Morgan fingerprint density at radius 2 is 2.04 bits per heavy atom. The third kappa shape index (κ3) is 3.67. The number of nitrogens with zero attached hydrogens (tertiary/aromatic N) is 3. The van der Waals surface area contributed by atoms with E-state index in [9.17, 15) is 9.59 Å². The van der Waals surface area contributed by atoms with E-state index >= 15 is 0 Å². The minimum atomic E-state index is -0.357. The van der Waals surface area contributed by atoms with Gasteiger partial charge in [0.2, 0.25) is 5.91 Å². The molecule has 6 nitrogen and oxygen atoms in total. The van der Waals surface area contributed by atoms with E-state index in [0.29, 0.717) is 24.9 Å². The summed E-state index contributed by atoms with van der Waals surface area (Å²) in [7, 11) is 0. The molecule has 0 bridgehead atoms. The van der Waals surface area contributed by atoms with Gasteiger partial charge in [-0.3, -0.25) is 9.59 Å². The number of Topliss-reactive ketones (excluding diaryl/α,β-unsaturated/α-hetero) is 1. The lowest BCUT2D eigenvalue weighted by atomic mass is 10.1. The highest BCUT2D eigenvalue weighted by Gasteiger charge is 2.22. The molecule has 0 saturated heterocycles. The molecule has 1 aromatic carbocycles. The van der Waals surface area contributed by atoms with Crippen molar-refractivity contribution in [1.29, 1.82) is 0 Å². The lowest BCUT2D eigenvalue weighted by Crippen LogP contribution is -2.33. The summed E-state index contributed by atoms with van der Waals surface area (Å²) in [5, 5.41) is 13.8. The van der Waals surface area contributed by atoms with Gasteiger partial charge in [0, 0.05) is 35.6 Å². The third-order valence-electron chi connectivity index (χ3n) is 4.35. The summed E-state index contributed by atoms with van der Waals surface area (Å²) >= 11 is 1.54. The predicted molar refractivity (Wildman–Crippen MR) is 103 cm³/mol. The number of aryl methyl sites for hydroxylation is 1. The summed E-state index contributed by atoms with van der Waals surface area (Å²) in [6.07, 6.45) is 3.10. The first-order valence-corrected chi connectivity index (χ1v) is 9.50. The van der Waals surface area contributed by atoms with Crippen LogP contribution in [0.25, 0.3) is 10.9 Å².